The zero-order valence-electron chi connectivity index (χ0n) is 7.95. The van der Waals surface area contributed by atoms with Gasteiger partial charge in [-0.15, -0.1) is 0 Å². The summed E-state index contributed by atoms with van der Waals surface area (Å²) < 4.78 is 0. The van der Waals surface area contributed by atoms with Crippen LogP contribution >= 0.6 is 11.9 Å². The molecule has 0 saturated heterocycles. The Bertz CT molecular complexity index is 411. The van der Waals surface area contributed by atoms with Crippen molar-refractivity contribution in [3.63, 3.8) is 0 Å². The van der Waals surface area contributed by atoms with Crippen molar-refractivity contribution in [1.82, 2.24) is 0 Å². The minimum Gasteiger partial charge on any atom is -0.388 e. The van der Waals surface area contributed by atoms with Crippen LogP contribution in [0.4, 0.5) is 5.69 Å². The lowest BCUT2D eigenvalue weighted by molar-refractivity contribution is 1.48. The second-order valence-corrected chi connectivity index (χ2v) is 3.70. The summed E-state index contributed by atoms with van der Waals surface area (Å²) in [6.07, 6.45) is 0. The molecular weight excluding hydrogens is 192 g/mol. The van der Waals surface area contributed by atoms with E-state index in [2.05, 4.69) is 23.5 Å². The Kier molecular flexibility index (Phi) is 2.61. The van der Waals surface area contributed by atoms with Gasteiger partial charge in [0, 0.05) is 23.0 Å². The molecule has 2 aromatic carbocycles. The van der Waals surface area contributed by atoms with Gasteiger partial charge in [0.1, 0.15) is 0 Å². The summed E-state index contributed by atoms with van der Waals surface area (Å²) in [5, 5.41) is 11.2. The zero-order chi connectivity index (χ0) is 9.97. The molecule has 0 aliphatic rings. The monoisotopic (exact) mass is 204 g/mol. The van der Waals surface area contributed by atoms with E-state index >= 15 is 0 Å². The molecule has 0 aliphatic carbocycles. The second-order valence-electron chi connectivity index (χ2n) is 3.02. The molecule has 0 heterocycles. The third kappa shape index (κ3) is 1.45. The van der Waals surface area contributed by atoms with Crippen molar-refractivity contribution in [3.8, 4) is 0 Å². The van der Waals surface area contributed by atoms with Crippen LogP contribution in [-0.4, -0.2) is 7.05 Å². The number of hydrogen-bond donors (Lipinski definition) is 2. The van der Waals surface area contributed by atoms with Gasteiger partial charge in [0.2, 0.25) is 0 Å². The number of nitrogens with one attached hydrogen (secondary N) is 1. The summed E-state index contributed by atoms with van der Waals surface area (Å²) in [5.74, 6) is 0. The quantitative estimate of drug-likeness (QED) is 0.739. The summed E-state index contributed by atoms with van der Waals surface area (Å²) in [4.78, 5) is 1.11. The van der Waals surface area contributed by atoms with Crippen LogP contribution in [0.3, 0.4) is 0 Å². The number of fused-ring (bicyclic) bond motifs is 1. The Labute approximate surface area is 87.6 Å². The van der Waals surface area contributed by atoms with Gasteiger partial charge in [-0.3, -0.25) is 5.14 Å². The molecule has 0 bridgehead atoms. The van der Waals surface area contributed by atoms with E-state index in [0.29, 0.717) is 0 Å². The smallest absolute Gasteiger partial charge is 0.0418 e. The second kappa shape index (κ2) is 3.90. The van der Waals surface area contributed by atoms with Crippen LogP contribution in [0.15, 0.2) is 41.3 Å². The van der Waals surface area contributed by atoms with Crippen molar-refractivity contribution < 1.29 is 0 Å². The van der Waals surface area contributed by atoms with Gasteiger partial charge in [-0.1, -0.05) is 24.3 Å². The lowest BCUT2D eigenvalue weighted by Gasteiger charge is -2.08. The first-order valence-electron chi connectivity index (χ1n) is 4.43. The Hall–Kier alpha value is -1.19. The van der Waals surface area contributed by atoms with Crippen molar-refractivity contribution in [2.75, 3.05) is 12.4 Å². The first-order chi connectivity index (χ1) is 6.86. The summed E-state index contributed by atoms with van der Waals surface area (Å²) in [6, 6.07) is 12.3. The van der Waals surface area contributed by atoms with E-state index < -0.39 is 0 Å². The van der Waals surface area contributed by atoms with Gasteiger partial charge in [0.05, 0.1) is 0 Å². The highest BCUT2D eigenvalue weighted by molar-refractivity contribution is 7.97. The predicted molar refractivity (Wildman–Crippen MR) is 63.5 cm³/mol. The van der Waals surface area contributed by atoms with Crippen LogP contribution in [0.2, 0.25) is 0 Å². The van der Waals surface area contributed by atoms with Crippen LogP contribution in [-0.2, 0) is 0 Å². The van der Waals surface area contributed by atoms with Gasteiger partial charge in [-0.2, -0.15) is 0 Å². The lowest BCUT2D eigenvalue weighted by atomic mass is 10.1. The highest BCUT2D eigenvalue weighted by Gasteiger charge is 2.02. The lowest BCUT2D eigenvalue weighted by Crippen LogP contribution is -1.91. The number of benzene rings is 2. The fourth-order valence-corrected chi connectivity index (χ4v) is 2.04. The van der Waals surface area contributed by atoms with E-state index in [0.717, 1.165) is 10.6 Å². The minimum absolute atomic E-state index is 1.11. The SMILES string of the molecule is CNc1ccc(SN)c2ccccc12. The van der Waals surface area contributed by atoms with Gasteiger partial charge in [0.15, 0.2) is 0 Å². The number of nitrogens with two attached hydrogens (primary N) is 1. The standard InChI is InChI=1S/C11H12N2S/c1-13-10-6-7-11(14-12)9-5-3-2-4-8(9)10/h2-7,13H,12H2,1H3. The van der Waals surface area contributed by atoms with Crippen molar-refractivity contribution in [2.45, 2.75) is 4.90 Å². The topological polar surface area (TPSA) is 38.0 Å². The molecule has 3 N–H and O–H groups in total. The van der Waals surface area contributed by atoms with Gasteiger partial charge >= 0.3 is 0 Å². The Morgan fingerprint density at radius 1 is 1.07 bits per heavy atom. The largest absolute Gasteiger partial charge is 0.388 e. The predicted octanol–water partition coefficient (Wildman–Crippen LogP) is 2.85. The normalized spacial score (nSPS) is 10.4. The molecule has 0 saturated carbocycles. The van der Waals surface area contributed by atoms with Crippen molar-refractivity contribution >= 4 is 28.4 Å². The number of hydrogen-bond acceptors (Lipinski definition) is 3. The molecule has 0 unspecified atom stereocenters. The first-order valence-corrected chi connectivity index (χ1v) is 5.31. The average Bonchev–Trinajstić information content (AvgIpc) is 2.27. The Balaban J connectivity index is 2.78. The van der Waals surface area contributed by atoms with Crippen LogP contribution in [0.1, 0.15) is 0 Å². The fourth-order valence-electron chi connectivity index (χ4n) is 1.59. The van der Waals surface area contributed by atoms with E-state index in [1.54, 1.807) is 0 Å². The molecule has 3 heteroatoms. The average molecular weight is 204 g/mol. The molecular formula is C11H12N2S. The molecule has 2 nitrogen and oxygen atoms in total. The van der Waals surface area contributed by atoms with Gasteiger partial charge < -0.3 is 5.32 Å². The summed E-state index contributed by atoms with van der Waals surface area (Å²) >= 11 is 1.29. The van der Waals surface area contributed by atoms with E-state index in [1.807, 2.05) is 25.2 Å². The van der Waals surface area contributed by atoms with Crippen LogP contribution in [0.25, 0.3) is 10.8 Å². The Morgan fingerprint density at radius 3 is 2.43 bits per heavy atom. The van der Waals surface area contributed by atoms with Crippen LogP contribution < -0.4 is 10.5 Å². The molecule has 0 fully saturated rings. The molecule has 0 atom stereocenters. The van der Waals surface area contributed by atoms with E-state index in [4.69, 9.17) is 5.14 Å². The third-order valence-corrected chi connectivity index (χ3v) is 2.89. The number of rotatable bonds is 2. The molecule has 0 amide bonds. The molecule has 0 aliphatic heterocycles. The molecule has 0 aromatic heterocycles. The van der Waals surface area contributed by atoms with E-state index in [1.165, 1.54) is 22.7 Å². The van der Waals surface area contributed by atoms with Crippen molar-refractivity contribution in [3.05, 3.63) is 36.4 Å². The zero-order valence-corrected chi connectivity index (χ0v) is 8.77. The Morgan fingerprint density at radius 2 is 1.79 bits per heavy atom. The molecule has 72 valence electrons. The highest BCUT2D eigenvalue weighted by atomic mass is 32.2. The van der Waals surface area contributed by atoms with Crippen molar-refractivity contribution in [1.29, 1.82) is 0 Å². The molecule has 14 heavy (non-hydrogen) atoms. The summed E-state index contributed by atoms with van der Waals surface area (Å²) in [6.45, 7) is 0. The van der Waals surface area contributed by atoms with Gasteiger partial charge in [-0.25, -0.2) is 0 Å². The molecule has 0 spiro atoms. The summed E-state index contributed by atoms with van der Waals surface area (Å²) in [5.41, 5.74) is 1.14. The van der Waals surface area contributed by atoms with Crippen molar-refractivity contribution in [2.24, 2.45) is 5.14 Å². The summed E-state index contributed by atoms with van der Waals surface area (Å²) in [7, 11) is 1.93. The fraction of sp³-hybridized carbons (Fsp3) is 0.0909. The maximum atomic E-state index is 5.60. The van der Waals surface area contributed by atoms with Gasteiger partial charge in [0.25, 0.3) is 0 Å². The third-order valence-electron chi connectivity index (χ3n) is 2.28. The highest BCUT2D eigenvalue weighted by Crippen LogP contribution is 2.30. The van der Waals surface area contributed by atoms with E-state index in [-0.39, 0.29) is 0 Å². The maximum absolute atomic E-state index is 5.60. The molecule has 0 radical (unpaired) electrons. The minimum atomic E-state index is 1.11. The molecule has 2 aromatic rings. The van der Waals surface area contributed by atoms with E-state index in [9.17, 15) is 0 Å². The number of anilines is 1. The van der Waals surface area contributed by atoms with Crippen LogP contribution in [0, 0.1) is 0 Å². The van der Waals surface area contributed by atoms with Crippen LogP contribution in [0.5, 0.6) is 0 Å². The maximum Gasteiger partial charge on any atom is 0.0418 e. The van der Waals surface area contributed by atoms with Gasteiger partial charge in [-0.05, 0) is 29.5 Å². The first kappa shape index (κ1) is 9.37. The molecule has 2 rings (SSSR count).